The molecule has 5 rings (SSSR count). The Kier molecular flexibility index (Phi) is 11.1. The fourth-order valence-electron chi connectivity index (χ4n) is 6.38. The van der Waals surface area contributed by atoms with E-state index in [4.69, 9.17) is 21.3 Å². The summed E-state index contributed by atoms with van der Waals surface area (Å²) in [6.07, 6.45) is 2.69. The molecule has 50 heavy (non-hydrogen) atoms. The predicted octanol–water partition coefficient (Wildman–Crippen LogP) is 4.54. The van der Waals surface area contributed by atoms with Crippen LogP contribution in [0.5, 0.6) is 0 Å². The molecule has 1 atom stereocenters. The number of alkyl carbamates (subject to hydrolysis) is 1. The third kappa shape index (κ3) is 7.90. The molecule has 2 aliphatic heterocycles. The second kappa shape index (κ2) is 15.6. The van der Waals surface area contributed by atoms with Gasteiger partial charge < -0.3 is 25.6 Å². The topological polar surface area (TPSA) is 180 Å². The zero-order valence-corrected chi connectivity index (χ0v) is 28.6. The third-order valence-corrected chi connectivity index (χ3v) is 9.29. The zero-order valence-electron chi connectivity index (χ0n) is 28.6. The number of carbonyl (C=O) groups is 3. The van der Waals surface area contributed by atoms with Crippen molar-refractivity contribution in [3.8, 4) is 6.07 Å². The molecule has 0 bridgehead atoms. The monoisotopic (exact) mass is 674 g/mol. The second-order valence-corrected chi connectivity index (χ2v) is 12.5. The summed E-state index contributed by atoms with van der Waals surface area (Å²) in [6.45, 7) is 6.64. The van der Waals surface area contributed by atoms with Gasteiger partial charge >= 0.3 is 6.09 Å². The molecule has 5 N–H and O–H groups in total. The number of hydrogen-bond acceptors (Lipinski definition) is 9. The van der Waals surface area contributed by atoms with Crippen LogP contribution < -0.4 is 16.0 Å². The summed E-state index contributed by atoms with van der Waals surface area (Å²) in [5, 5.41) is 28.4. The van der Waals surface area contributed by atoms with Crippen molar-refractivity contribution in [2.45, 2.75) is 26.7 Å². The maximum Gasteiger partial charge on any atom is 0.413 e. The Morgan fingerprint density at radius 3 is 2.44 bits per heavy atom. The fraction of sp³-hybridized carbons (Fsp3) is 0.316. The molecule has 12 nitrogen and oxygen atoms in total. The van der Waals surface area contributed by atoms with Gasteiger partial charge in [-0.25, -0.2) is 4.79 Å². The number of nitrogens with two attached hydrogens (primary N) is 1. The minimum absolute atomic E-state index is 0.0224. The van der Waals surface area contributed by atoms with Gasteiger partial charge in [-0.3, -0.25) is 25.3 Å². The molecule has 1 fully saturated rings. The van der Waals surface area contributed by atoms with Crippen molar-refractivity contribution >= 4 is 46.5 Å². The molecule has 12 heteroatoms. The summed E-state index contributed by atoms with van der Waals surface area (Å²) < 4.78 is 4.89. The fourth-order valence-corrected chi connectivity index (χ4v) is 6.38. The summed E-state index contributed by atoms with van der Waals surface area (Å²) >= 11 is 0. The minimum Gasteiger partial charge on any atom is -0.398 e. The van der Waals surface area contributed by atoms with E-state index in [-0.39, 0.29) is 35.9 Å². The summed E-state index contributed by atoms with van der Waals surface area (Å²) in [5.41, 5.74) is 12.7. The number of amides is 3. The van der Waals surface area contributed by atoms with Crippen LogP contribution in [-0.4, -0.2) is 85.6 Å². The second-order valence-electron chi connectivity index (χ2n) is 12.5. The largest absolute Gasteiger partial charge is 0.413 e. The Labute approximate surface area is 292 Å². The number of aryl methyl sites for hydroxylation is 1. The van der Waals surface area contributed by atoms with Crippen LogP contribution in [0.15, 0.2) is 66.7 Å². The van der Waals surface area contributed by atoms with E-state index in [1.807, 2.05) is 41.9 Å². The van der Waals surface area contributed by atoms with Crippen LogP contribution in [0.25, 0.3) is 5.57 Å². The Balaban J connectivity index is 1.17. The maximum absolute atomic E-state index is 13.8. The molecular formula is C38H42N8O4. The van der Waals surface area contributed by atoms with Gasteiger partial charge in [0.15, 0.2) is 0 Å². The van der Waals surface area contributed by atoms with Crippen molar-refractivity contribution in [2.24, 2.45) is 5.92 Å². The molecule has 3 aromatic carbocycles. The third-order valence-electron chi connectivity index (χ3n) is 9.29. The quantitative estimate of drug-likeness (QED) is 0.146. The average molecular weight is 675 g/mol. The molecule has 3 amide bonds. The van der Waals surface area contributed by atoms with Gasteiger partial charge in [0.2, 0.25) is 17.7 Å². The predicted molar refractivity (Wildman–Crippen MR) is 193 cm³/mol. The lowest BCUT2D eigenvalue weighted by Gasteiger charge is -2.29. The maximum atomic E-state index is 13.8. The molecule has 0 spiro atoms. The molecule has 258 valence electrons. The number of nitriles is 1. The number of likely N-dealkylation sites (tertiary alicyclic amines) is 1. The SMILES string of the molecule is CCN(C(=O)[C@@H]1CCN(CC(=O)N2CC=C(c3ccc(C(=N)OC(=O)NC)cc3)CC2)C1)c1ccc(N)c(C(=N)c2ccc(C#N)c(C)c2)c1. The van der Waals surface area contributed by atoms with Gasteiger partial charge in [-0.05, 0) is 92.4 Å². The van der Waals surface area contributed by atoms with Crippen LogP contribution in [0.4, 0.5) is 16.2 Å². The van der Waals surface area contributed by atoms with Gasteiger partial charge in [0.05, 0.1) is 29.8 Å². The smallest absolute Gasteiger partial charge is 0.398 e. The van der Waals surface area contributed by atoms with Gasteiger partial charge in [0.25, 0.3) is 0 Å². The Bertz CT molecular complexity index is 1900. The van der Waals surface area contributed by atoms with Crippen molar-refractivity contribution in [3.05, 3.63) is 100 Å². The number of anilines is 2. The summed E-state index contributed by atoms with van der Waals surface area (Å²) in [4.78, 5) is 44.0. The molecule has 0 unspecified atom stereocenters. The number of rotatable bonds is 9. The number of ether oxygens (including phenoxy) is 1. The lowest BCUT2D eigenvalue weighted by atomic mass is 9.96. The Hall–Kier alpha value is -5.80. The van der Waals surface area contributed by atoms with E-state index in [1.54, 1.807) is 53.4 Å². The van der Waals surface area contributed by atoms with Crippen LogP contribution in [0.3, 0.4) is 0 Å². The number of carbonyl (C=O) groups excluding carboxylic acids is 3. The molecule has 0 aliphatic carbocycles. The zero-order chi connectivity index (χ0) is 35.9. The van der Waals surface area contributed by atoms with E-state index in [2.05, 4.69) is 11.4 Å². The number of benzene rings is 3. The highest BCUT2D eigenvalue weighted by molar-refractivity contribution is 6.14. The van der Waals surface area contributed by atoms with Gasteiger partial charge in [0, 0.05) is 61.3 Å². The van der Waals surface area contributed by atoms with Crippen molar-refractivity contribution < 1.29 is 19.1 Å². The number of hydrogen-bond donors (Lipinski definition) is 4. The Morgan fingerprint density at radius 1 is 1.06 bits per heavy atom. The summed E-state index contributed by atoms with van der Waals surface area (Å²) in [5.74, 6) is -0.490. The molecule has 0 radical (unpaired) electrons. The van der Waals surface area contributed by atoms with Crippen LogP contribution in [-0.2, 0) is 14.3 Å². The molecule has 0 saturated carbocycles. The molecule has 2 heterocycles. The molecule has 0 aromatic heterocycles. The normalized spacial score (nSPS) is 15.8. The molecule has 1 saturated heterocycles. The lowest BCUT2D eigenvalue weighted by Crippen LogP contribution is -2.42. The van der Waals surface area contributed by atoms with Gasteiger partial charge in [-0.1, -0.05) is 24.3 Å². The van der Waals surface area contributed by atoms with Crippen LogP contribution in [0.2, 0.25) is 0 Å². The number of nitrogen functional groups attached to an aromatic ring is 1. The first-order chi connectivity index (χ1) is 24.0. The molecular weight excluding hydrogens is 632 g/mol. The van der Waals surface area contributed by atoms with E-state index >= 15 is 0 Å². The van der Waals surface area contributed by atoms with Crippen molar-refractivity contribution in [1.29, 1.82) is 16.1 Å². The minimum atomic E-state index is -0.694. The highest BCUT2D eigenvalue weighted by Crippen LogP contribution is 2.28. The van der Waals surface area contributed by atoms with E-state index in [9.17, 15) is 19.6 Å². The first-order valence-corrected chi connectivity index (χ1v) is 16.6. The first-order valence-electron chi connectivity index (χ1n) is 16.6. The standard InChI is InChI=1S/C38H42N8O4/c1-4-46(31-11-12-33(40)32(20-31)35(41)28-9-10-29(21-39)24(2)19-28)37(48)30-13-16-44(22-30)23-34(47)45-17-14-26(15-18-45)25-5-7-27(8-6-25)36(42)50-38(49)43-3/h5-12,14,19-20,30,41-42H,4,13,15-18,22-23,40H2,1-3H3,(H,43,49)/t30-/m1/s1. The van der Waals surface area contributed by atoms with Gasteiger partial charge in [0.1, 0.15) is 0 Å². The van der Waals surface area contributed by atoms with Crippen molar-refractivity contribution in [2.75, 3.05) is 56.9 Å². The number of nitrogens with zero attached hydrogens (tertiary/aromatic N) is 4. The first kappa shape index (κ1) is 35.5. The molecule has 2 aliphatic rings. The van der Waals surface area contributed by atoms with E-state index < -0.39 is 6.09 Å². The summed E-state index contributed by atoms with van der Waals surface area (Å²) in [7, 11) is 1.43. The van der Waals surface area contributed by atoms with E-state index in [1.165, 1.54) is 7.05 Å². The summed E-state index contributed by atoms with van der Waals surface area (Å²) in [6, 6.07) is 19.9. The Morgan fingerprint density at radius 2 is 1.80 bits per heavy atom. The molecule has 3 aromatic rings. The highest BCUT2D eigenvalue weighted by Gasteiger charge is 2.33. The number of nitrogens with one attached hydrogen (secondary N) is 3. The van der Waals surface area contributed by atoms with Crippen molar-refractivity contribution in [3.63, 3.8) is 0 Å². The van der Waals surface area contributed by atoms with Crippen molar-refractivity contribution in [1.82, 2.24) is 15.1 Å². The van der Waals surface area contributed by atoms with Gasteiger partial charge in [-0.15, -0.1) is 0 Å². The van der Waals surface area contributed by atoms with Crippen LogP contribution in [0.1, 0.15) is 53.1 Å². The van der Waals surface area contributed by atoms with E-state index in [0.29, 0.717) is 79.2 Å². The van der Waals surface area contributed by atoms with E-state index in [0.717, 1.165) is 16.7 Å². The van der Waals surface area contributed by atoms with Crippen LogP contribution in [0, 0.1) is 35.0 Å². The lowest BCUT2D eigenvalue weighted by molar-refractivity contribution is -0.132. The van der Waals surface area contributed by atoms with Crippen LogP contribution >= 0.6 is 0 Å². The highest BCUT2D eigenvalue weighted by atomic mass is 16.6. The average Bonchev–Trinajstić information content (AvgIpc) is 3.60. The van der Waals surface area contributed by atoms with Gasteiger partial charge in [-0.2, -0.15) is 5.26 Å².